The van der Waals surface area contributed by atoms with Crippen LogP contribution in [-0.4, -0.2) is 22.6 Å². The predicted octanol–water partition coefficient (Wildman–Crippen LogP) is 1.34. The zero-order valence-electron chi connectivity index (χ0n) is 10.1. The van der Waals surface area contributed by atoms with Crippen molar-refractivity contribution in [1.82, 2.24) is 10.2 Å². The van der Waals surface area contributed by atoms with Crippen molar-refractivity contribution in [2.75, 3.05) is 11.9 Å². The van der Waals surface area contributed by atoms with E-state index in [4.69, 9.17) is 5.73 Å². The summed E-state index contributed by atoms with van der Waals surface area (Å²) < 4.78 is 0. The first-order valence-electron chi connectivity index (χ1n) is 5.56. The molecule has 0 aliphatic carbocycles. The van der Waals surface area contributed by atoms with Gasteiger partial charge >= 0.3 is 0 Å². The third kappa shape index (κ3) is 3.34. The molecule has 1 rings (SSSR count). The van der Waals surface area contributed by atoms with Gasteiger partial charge in [-0.2, -0.15) is 5.10 Å². The fraction of sp³-hybridized carbons (Fsp3) is 0.636. The fourth-order valence-electron chi connectivity index (χ4n) is 1.30. The van der Waals surface area contributed by atoms with Crippen LogP contribution in [0.25, 0.3) is 0 Å². The molecule has 0 saturated heterocycles. The van der Waals surface area contributed by atoms with E-state index >= 15 is 0 Å². The smallest absolute Gasteiger partial charge is 0.225 e. The Labute approximate surface area is 95.8 Å². The molecule has 1 heterocycles. The van der Waals surface area contributed by atoms with Crippen molar-refractivity contribution in [3.63, 3.8) is 0 Å². The molecule has 0 bridgehead atoms. The van der Waals surface area contributed by atoms with Crippen molar-refractivity contribution >= 4 is 11.7 Å². The molecule has 4 N–H and O–H groups in total. The average Bonchev–Trinajstić information content (AvgIpc) is 2.57. The molecule has 0 fully saturated rings. The van der Waals surface area contributed by atoms with Crippen LogP contribution in [0.4, 0.5) is 5.82 Å². The second-order valence-electron chi connectivity index (χ2n) is 4.25. The summed E-state index contributed by atoms with van der Waals surface area (Å²) in [5.74, 6) is 1.01. The lowest BCUT2D eigenvalue weighted by Gasteiger charge is -2.07. The SMILES string of the molecule is Cc1[nH]nc(NC(=O)CCC(C)CN)c1C. The topological polar surface area (TPSA) is 83.8 Å². The maximum atomic E-state index is 11.6. The van der Waals surface area contributed by atoms with Gasteiger partial charge in [0.25, 0.3) is 0 Å². The number of nitrogens with one attached hydrogen (secondary N) is 2. The Bertz CT molecular complexity index is 359. The van der Waals surface area contributed by atoms with E-state index in [9.17, 15) is 4.79 Å². The van der Waals surface area contributed by atoms with Gasteiger partial charge < -0.3 is 11.1 Å². The highest BCUT2D eigenvalue weighted by Gasteiger charge is 2.10. The van der Waals surface area contributed by atoms with E-state index in [-0.39, 0.29) is 5.91 Å². The number of hydrogen-bond donors (Lipinski definition) is 3. The van der Waals surface area contributed by atoms with Gasteiger partial charge in [-0.1, -0.05) is 6.92 Å². The second-order valence-corrected chi connectivity index (χ2v) is 4.25. The first-order chi connectivity index (χ1) is 7.54. The summed E-state index contributed by atoms with van der Waals surface area (Å²) in [6.45, 7) is 6.51. The van der Waals surface area contributed by atoms with Crippen LogP contribution < -0.4 is 11.1 Å². The number of aromatic nitrogens is 2. The van der Waals surface area contributed by atoms with Crippen molar-refractivity contribution in [3.8, 4) is 0 Å². The normalized spacial score (nSPS) is 12.5. The van der Waals surface area contributed by atoms with E-state index in [2.05, 4.69) is 15.5 Å². The number of aryl methyl sites for hydroxylation is 1. The number of H-pyrrole nitrogens is 1. The maximum absolute atomic E-state index is 11.6. The standard InChI is InChI=1S/C11H20N4O/c1-7(6-12)4-5-10(16)13-11-8(2)9(3)14-15-11/h7H,4-6,12H2,1-3H3,(H2,13,14,15,16). The van der Waals surface area contributed by atoms with Crippen molar-refractivity contribution < 1.29 is 4.79 Å². The summed E-state index contributed by atoms with van der Waals surface area (Å²) >= 11 is 0. The molecule has 1 amide bonds. The van der Waals surface area contributed by atoms with Crippen LogP contribution in [0.1, 0.15) is 31.0 Å². The minimum Gasteiger partial charge on any atom is -0.330 e. The Morgan fingerprint density at radius 1 is 1.56 bits per heavy atom. The molecule has 0 aliphatic heterocycles. The van der Waals surface area contributed by atoms with Crippen LogP contribution in [0.3, 0.4) is 0 Å². The van der Waals surface area contributed by atoms with Gasteiger partial charge in [0, 0.05) is 17.7 Å². The molecule has 5 nitrogen and oxygen atoms in total. The highest BCUT2D eigenvalue weighted by Crippen LogP contribution is 2.14. The van der Waals surface area contributed by atoms with E-state index in [1.807, 2.05) is 20.8 Å². The molecule has 1 aromatic rings. The molecule has 0 aromatic carbocycles. The predicted molar refractivity (Wildman–Crippen MR) is 64.1 cm³/mol. The third-order valence-corrected chi connectivity index (χ3v) is 2.78. The van der Waals surface area contributed by atoms with E-state index in [1.165, 1.54) is 0 Å². The summed E-state index contributed by atoms with van der Waals surface area (Å²) in [5.41, 5.74) is 7.45. The molecule has 0 saturated carbocycles. The largest absolute Gasteiger partial charge is 0.330 e. The number of carbonyl (C=O) groups is 1. The molecule has 1 atom stereocenters. The number of nitrogens with two attached hydrogens (primary N) is 1. The van der Waals surface area contributed by atoms with Gasteiger partial charge in [0.2, 0.25) is 5.91 Å². The summed E-state index contributed by atoms with van der Waals surface area (Å²) in [4.78, 5) is 11.6. The number of nitrogens with zero attached hydrogens (tertiary/aromatic N) is 1. The molecular weight excluding hydrogens is 204 g/mol. The van der Waals surface area contributed by atoms with Gasteiger partial charge in [-0.25, -0.2) is 0 Å². The molecule has 5 heteroatoms. The number of hydrogen-bond acceptors (Lipinski definition) is 3. The van der Waals surface area contributed by atoms with Crippen LogP contribution in [0.5, 0.6) is 0 Å². The fourth-order valence-corrected chi connectivity index (χ4v) is 1.30. The van der Waals surface area contributed by atoms with Gasteiger partial charge in [0.05, 0.1) is 0 Å². The zero-order chi connectivity index (χ0) is 12.1. The third-order valence-electron chi connectivity index (χ3n) is 2.78. The molecule has 0 aliphatic rings. The van der Waals surface area contributed by atoms with E-state index in [0.29, 0.717) is 24.7 Å². The first kappa shape index (κ1) is 12.7. The van der Waals surface area contributed by atoms with Crippen LogP contribution in [0.15, 0.2) is 0 Å². The highest BCUT2D eigenvalue weighted by molar-refractivity contribution is 5.90. The van der Waals surface area contributed by atoms with Gasteiger partial charge in [-0.3, -0.25) is 9.89 Å². The lowest BCUT2D eigenvalue weighted by atomic mass is 10.1. The second kappa shape index (κ2) is 5.65. The van der Waals surface area contributed by atoms with E-state index < -0.39 is 0 Å². The lowest BCUT2D eigenvalue weighted by Crippen LogP contribution is -2.16. The first-order valence-corrected chi connectivity index (χ1v) is 5.56. The number of aromatic amines is 1. The number of carbonyl (C=O) groups excluding carboxylic acids is 1. The number of rotatable bonds is 5. The van der Waals surface area contributed by atoms with Gasteiger partial charge in [0.15, 0.2) is 5.82 Å². The monoisotopic (exact) mass is 224 g/mol. The van der Waals surface area contributed by atoms with Crippen LogP contribution in [0, 0.1) is 19.8 Å². The Balaban J connectivity index is 2.43. The van der Waals surface area contributed by atoms with Crippen molar-refractivity contribution in [2.24, 2.45) is 11.7 Å². The van der Waals surface area contributed by atoms with Gasteiger partial charge in [-0.15, -0.1) is 0 Å². The van der Waals surface area contributed by atoms with Crippen LogP contribution >= 0.6 is 0 Å². The molecule has 16 heavy (non-hydrogen) atoms. The summed E-state index contributed by atoms with van der Waals surface area (Å²) in [6, 6.07) is 0. The van der Waals surface area contributed by atoms with Crippen LogP contribution in [0.2, 0.25) is 0 Å². The Hall–Kier alpha value is -1.36. The Morgan fingerprint density at radius 3 is 2.75 bits per heavy atom. The molecule has 0 radical (unpaired) electrons. The van der Waals surface area contributed by atoms with Gasteiger partial charge in [0.1, 0.15) is 0 Å². The van der Waals surface area contributed by atoms with Crippen molar-refractivity contribution in [3.05, 3.63) is 11.3 Å². The number of anilines is 1. The molecule has 0 spiro atoms. The minimum atomic E-state index is -0.00472. The highest BCUT2D eigenvalue weighted by atomic mass is 16.1. The Morgan fingerprint density at radius 2 is 2.25 bits per heavy atom. The molecule has 1 aromatic heterocycles. The van der Waals surface area contributed by atoms with E-state index in [1.54, 1.807) is 0 Å². The Kier molecular flexibility index (Phi) is 4.49. The minimum absolute atomic E-state index is 0.00472. The summed E-state index contributed by atoms with van der Waals surface area (Å²) in [5, 5.41) is 9.64. The maximum Gasteiger partial charge on any atom is 0.225 e. The average molecular weight is 224 g/mol. The van der Waals surface area contributed by atoms with Crippen molar-refractivity contribution in [2.45, 2.75) is 33.6 Å². The molecule has 90 valence electrons. The van der Waals surface area contributed by atoms with Crippen LogP contribution in [-0.2, 0) is 4.79 Å². The number of amides is 1. The molecular formula is C11H20N4O. The zero-order valence-corrected chi connectivity index (χ0v) is 10.1. The summed E-state index contributed by atoms with van der Waals surface area (Å²) in [6.07, 6.45) is 1.30. The quantitative estimate of drug-likeness (QED) is 0.705. The van der Waals surface area contributed by atoms with E-state index in [0.717, 1.165) is 17.7 Å². The summed E-state index contributed by atoms with van der Waals surface area (Å²) in [7, 11) is 0. The lowest BCUT2D eigenvalue weighted by molar-refractivity contribution is -0.116. The van der Waals surface area contributed by atoms with Crippen molar-refractivity contribution in [1.29, 1.82) is 0 Å². The van der Waals surface area contributed by atoms with Gasteiger partial charge in [-0.05, 0) is 32.7 Å². The molecule has 1 unspecified atom stereocenters.